The Morgan fingerprint density at radius 2 is 1.76 bits per heavy atom. The monoisotopic (exact) mass is 574 g/mol. The first-order chi connectivity index (χ1) is 17.8. The Kier molecular flexibility index (Phi) is 9.12. The van der Waals surface area contributed by atoms with Gasteiger partial charge in [-0.15, -0.1) is 0 Å². The van der Waals surface area contributed by atoms with E-state index in [0.717, 1.165) is 5.69 Å². The summed E-state index contributed by atoms with van der Waals surface area (Å²) < 4.78 is 37.1. The van der Waals surface area contributed by atoms with Crippen LogP contribution in [-0.4, -0.2) is 71.8 Å². The van der Waals surface area contributed by atoms with Gasteiger partial charge >= 0.3 is 18.2 Å². The zero-order chi connectivity index (χ0) is 28.2. The van der Waals surface area contributed by atoms with Crippen LogP contribution in [0.3, 0.4) is 0 Å². The summed E-state index contributed by atoms with van der Waals surface area (Å²) in [7, 11) is 0. The molecule has 1 aliphatic carbocycles. The lowest BCUT2D eigenvalue weighted by molar-refractivity contribution is -0.192. The molecule has 1 aromatic carbocycles. The molecule has 3 aliphatic rings. The van der Waals surface area contributed by atoms with Crippen LogP contribution in [-0.2, 0) is 19.1 Å². The molecule has 0 radical (unpaired) electrons. The maximum Gasteiger partial charge on any atom is 0.490 e. The van der Waals surface area contributed by atoms with Gasteiger partial charge in [0.25, 0.3) is 5.91 Å². The number of cyclic esters (lactones) is 1. The summed E-state index contributed by atoms with van der Waals surface area (Å²) in [5, 5.41) is 10.3. The summed E-state index contributed by atoms with van der Waals surface area (Å²) in [4.78, 5) is 49.3. The van der Waals surface area contributed by atoms with Crippen LogP contribution in [0.5, 0.6) is 0 Å². The molecule has 0 spiro atoms. The fourth-order valence-electron chi connectivity index (χ4n) is 3.68. The third kappa shape index (κ3) is 7.08. The molecule has 204 valence electrons. The lowest BCUT2D eigenvalue weighted by Gasteiger charge is -2.18. The minimum Gasteiger partial charge on any atom is -0.475 e. The number of nitrogens with zero attached hydrogens (tertiary/aromatic N) is 2. The minimum absolute atomic E-state index is 0.103. The van der Waals surface area contributed by atoms with E-state index in [0.29, 0.717) is 40.5 Å². The number of halogens is 4. The quantitative estimate of drug-likeness (QED) is 0.456. The zero-order valence-corrected chi connectivity index (χ0v) is 21.1. The van der Waals surface area contributed by atoms with Crippen molar-refractivity contribution in [1.82, 2.24) is 5.32 Å². The molecule has 2 heterocycles. The molecule has 38 heavy (non-hydrogen) atoms. The van der Waals surface area contributed by atoms with Gasteiger partial charge in [-0.1, -0.05) is 29.9 Å². The molecule has 2 aliphatic heterocycles. The maximum atomic E-state index is 12.4. The molecule has 4 N–H and O–H groups in total. The highest BCUT2D eigenvalue weighted by atomic mass is 35.5. The second-order valence-corrected chi connectivity index (χ2v) is 9.23. The lowest BCUT2D eigenvalue weighted by Crippen LogP contribution is -2.36. The molecule has 4 rings (SSSR count). The van der Waals surface area contributed by atoms with Crippen molar-refractivity contribution in [3.63, 3.8) is 0 Å². The number of carboxylic acid groups (broad SMARTS) is 1. The number of anilines is 2. The third-order valence-electron chi connectivity index (χ3n) is 5.64. The molecule has 2 fully saturated rings. The number of hydrogen-bond acceptors (Lipinski definition) is 7. The topological polar surface area (TPSA) is 142 Å². The SMILES string of the molecule is N[C@@H]1CCN(c2ccc(N3C[C@H](CNC(=O)C4=CC(Cl)=CCC4=S)OC3=O)cc2)C1=O.O=C(O)C(F)(F)F. The zero-order valence-electron chi connectivity index (χ0n) is 19.5. The molecular weight excluding hydrogens is 553 g/mol. The van der Waals surface area contributed by atoms with Gasteiger partial charge in [-0.25, -0.2) is 9.59 Å². The average molecular weight is 575 g/mol. The third-order valence-corrected chi connectivity index (χ3v) is 6.29. The molecule has 15 heteroatoms. The van der Waals surface area contributed by atoms with Crippen molar-refractivity contribution in [2.24, 2.45) is 5.73 Å². The van der Waals surface area contributed by atoms with Crippen molar-refractivity contribution >= 4 is 63.9 Å². The number of carboxylic acids is 1. The number of benzene rings is 1. The van der Waals surface area contributed by atoms with Crippen molar-refractivity contribution in [3.8, 4) is 0 Å². The smallest absolute Gasteiger partial charge is 0.475 e. The predicted octanol–water partition coefficient (Wildman–Crippen LogP) is 2.65. The normalized spacial score (nSPS) is 21.3. The predicted molar refractivity (Wildman–Crippen MR) is 135 cm³/mol. The number of allylic oxidation sites excluding steroid dienone is 3. The van der Waals surface area contributed by atoms with Crippen LogP contribution in [0.2, 0.25) is 0 Å². The van der Waals surface area contributed by atoms with Gasteiger partial charge in [0, 0.05) is 34.2 Å². The molecule has 0 aromatic heterocycles. The van der Waals surface area contributed by atoms with Crippen molar-refractivity contribution in [3.05, 3.63) is 47.0 Å². The highest BCUT2D eigenvalue weighted by Crippen LogP contribution is 2.27. The van der Waals surface area contributed by atoms with Gasteiger partial charge in [-0.05, 0) is 36.8 Å². The largest absolute Gasteiger partial charge is 0.490 e. The number of ether oxygens (including phenoxy) is 1. The van der Waals surface area contributed by atoms with Gasteiger partial charge < -0.3 is 25.8 Å². The molecule has 3 amide bonds. The Hall–Kier alpha value is -3.49. The van der Waals surface area contributed by atoms with Crippen molar-refractivity contribution in [2.75, 3.05) is 29.4 Å². The average Bonchev–Trinajstić information content (AvgIpc) is 3.40. The van der Waals surface area contributed by atoms with Gasteiger partial charge in [-0.3, -0.25) is 14.5 Å². The van der Waals surface area contributed by atoms with Crippen molar-refractivity contribution in [1.29, 1.82) is 0 Å². The highest BCUT2D eigenvalue weighted by molar-refractivity contribution is 7.81. The summed E-state index contributed by atoms with van der Waals surface area (Å²) in [5.74, 6) is -3.20. The van der Waals surface area contributed by atoms with Crippen LogP contribution in [0.25, 0.3) is 0 Å². The molecule has 0 bridgehead atoms. The van der Waals surface area contributed by atoms with E-state index >= 15 is 0 Å². The van der Waals surface area contributed by atoms with Crippen LogP contribution in [0, 0.1) is 0 Å². The Morgan fingerprint density at radius 3 is 2.29 bits per heavy atom. The van der Waals surface area contributed by atoms with E-state index in [-0.39, 0.29) is 24.9 Å². The second kappa shape index (κ2) is 11.9. The maximum absolute atomic E-state index is 12.4. The number of hydrogen-bond donors (Lipinski definition) is 3. The summed E-state index contributed by atoms with van der Waals surface area (Å²) in [6.07, 6.45) is -1.73. The van der Waals surface area contributed by atoms with Crippen LogP contribution in [0.1, 0.15) is 12.8 Å². The number of aliphatic carboxylic acids is 1. The number of thiocarbonyl (C=S) groups is 1. The molecule has 2 atom stereocenters. The molecule has 2 saturated heterocycles. The standard InChI is InChI=1S/C21H21ClN4O4S.C2HF3O2/c22-12-1-6-18(31)16(9-12)19(27)24-10-15-11-26(21(29)30-15)14-4-2-13(3-5-14)25-8-7-17(23)20(25)28;3-2(4,5)1(6)7/h1-5,9,15,17H,6-8,10-11,23H2,(H,24,27);(H,6,7)/t15-,17+;/m0./s1. The van der Waals surface area contributed by atoms with E-state index in [1.54, 1.807) is 35.2 Å². The lowest BCUT2D eigenvalue weighted by atomic mass is 10.0. The fourth-order valence-corrected chi connectivity index (χ4v) is 4.10. The van der Waals surface area contributed by atoms with Gasteiger partial charge in [0.2, 0.25) is 5.91 Å². The number of amides is 3. The van der Waals surface area contributed by atoms with E-state index in [4.69, 9.17) is 44.2 Å². The highest BCUT2D eigenvalue weighted by Gasteiger charge is 2.38. The Bertz CT molecular complexity index is 1200. The van der Waals surface area contributed by atoms with Gasteiger partial charge in [0.05, 0.1) is 24.7 Å². The number of alkyl halides is 3. The molecular formula is C23H22ClF3N4O6S. The molecule has 0 unspecified atom stereocenters. The summed E-state index contributed by atoms with van der Waals surface area (Å²) in [5.41, 5.74) is 7.51. The van der Waals surface area contributed by atoms with Crippen LogP contribution >= 0.6 is 23.8 Å². The van der Waals surface area contributed by atoms with E-state index in [9.17, 15) is 27.6 Å². The summed E-state index contributed by atoms with van der Waals surface area (Å²) in [6, 6.07) is 6.61. The van der Waals surface area contributed by atoms with E-state index < -0.39 is 30.4 Å². The fraction of sp³-hybridized carbons (Fsp3) is 0.348. The summed E-state index contributed by atoms with van der Waals surface area (Å²) in [6.45, 7) is 1.02. The van der Waals surface area contributed by atoms with E-state index in [1.807, 2.05) is 0 Å². The van der Waals surface area contributed by atoms with Gasteiger partial charge in [-0.2, -0.15) is 13.2 Å². The molecule has 0 saturated carbocycles. The summed E-state index contributed by atoms with van der Waals surface area (Å²) >= 11 is 11.2. The van der Waals surface area contributed by atoms with Gasteiger partial charge in [0.1, 0.15) is 6.10 Å². The van der Waals surface area contributed by atoms with Gasteiger partial charge in [0.15, 0.2) is 0 Å². The molecule has 10 nitrogen and oxygen atoms in total. The first-order valence-electron chi connectivity index (χ1n) is 11.1. The van der Waals surface area contributed by atoms with E-state index in [2.05, 4.69) is 5.32 Å². The number of nitrogens with two attached hydrogens (primary N) is 1. The van der Waals surface area contributed by atoms with Crippen LogP contribution in [0.15, 0.2) is 47.0 Å². The first kappa shape index (κ1) is 29.1. The van der Waals surface area contributed by atoms with E-state index in [1.165, 1.54) is 11.0 Å². The van der Waals surface area contributed by atoms with Crippen LogP contribution in [0.4, 0.5) is 29.3 Å². The second-order valence-electron chi connectivity index (χ2n) is 8.31. The molecule has 1 aromatic rings. The number of carbonyl (C=O) groups excluding carboxylic acids is 3. The number of nitrogens with one attached hydrogen (secondary N) is 1. The first-order valence-corrected chi connectivity index (χ1v) is 11.9. The Balaban J connectivity index is 0.000000505. The van der Waals surface area contributed by atoms with Crippen molar-refractivity contribution < 1.29 is 42.2 Å². The Morgan fingerprint density at radius 1 is 1.18 bits per heavy atom. The van der Waals surface area contributed by atoms with Crippen LogP contribution < -0.4 is 20.9 Å². The Labute approximate surface area is 224 Å². The minimum atomic E-state index is -5.08. The number of carbonyl (C=O) groups is 4. The van der Waals surface area contributed by atoms with Crippen molar-refractivity contribution in [2.45, 2.75) is 31.2 Å². The number of rotatable bonds is 5.